The van der Waals surface area contributed by atoms with Gasteiger partial charge in [-0.25, -0.2) is 24.1 Å². The number of carboxylic acid groups (broad SMARTS) is 1. The number of aromatic carboxylic acids is 1. The fourth-order valence-corrected chi connectivity index (χ4v) is 4.14. The standard InChI is InChI=1S/C10H7BrClN3O2.C9H7BrClN3.CH3I.HI/c1-5-7(10(16)17)8(11)14-15(5)9-6(12)3-2-4-13-9;1-6-5-8(10)13-14(6)9-7(11)3-2-4-12-9;1-2;/h2-4H,1H3,(H,16,17);2-5H,1H3;1H3;1H. The Hall–Kier alpha value is -0.810. The number of halogens is 6. The molecule has 4 aromatic heterocycles. The highest BCUT2D eigenvalue weighted by Crippen LogP contribution is 2.25. The molecule has 0 spiro atoms. The molecule has 182 valence electrons. The first-order chi connectivity index (χ1) is 15.7. The summed E-state index contributed by atoms with van der Waals surface area (Å²) in [5, 5.41) is 18.3. The van der Waals surface area contributed by atoms with Gasteiger partial charge in [0.25, 0.3) is 0 Å². The van der Waals surface area contributed by atoms with Crippen molar-refractivity contribution in [3.63, 3.8) is 0 Å². The van der Waals surface area contributed by atoms with Crippen molar-refractivity contribution < 1.29 is 9.90 Å². The van der Waals surface area contributed by atoms with E-state index in [0.717, 1.165) is 10.3 Å². The first kappa shape index (κ1) is 31.2. The summed E-state index contributed by atoms with van der Waals surface area (Å²) in [5.41, 5.74) is 1.55. The van der Waals surface area contributed by atoms with E-state index >= 15 is 0 Å². The van der Waals surface area contributed by atoms with Crippen LogP contribution in [0.5, 0.6) is 0 Å². The Balaban J connectivity index is 0.000000313. The van der Waals surface area contributed by atoms with Gasteiger partial charge in [0.05, 0.1) is 15.7 Å². The number of pyridine rings is 2. The zero-order valence-corrected chi connectivity index (χ0v) is 27.0. The lowest BCUT2D eigenvalue weighted by atomic mass is 10.3. The van der Waals surface area contributed by atoms with Gasteiger partial charge in [0.2, 0.25) is 0 Å². The second kappa shape index (κ2) is 14.7. The van der Waals surface area contributed by atoms with Gasteiger partial charge in [-0.05, 0) is 81.0 Å². The molecule has 0 atom stereocenters. The molecule has 0 radical (unpaired) electrons. The summed E-state index contributed by atoms with van der Waals surface area (Å²) in [5.74, 6) is 0.00455. The average Bonchev–Trinajstić information content (AvgIpc) is 3.27. The summed E-state index contributed by atoms with van der Waals surface area (Å²) in [4.78, 5) is 21.3. The molecule has 0 unspecified atom stereocenters. The van der Waals surface area contributed by atoms with Gasteiger partial charge in [-0.2, -0.15) is 10.2 Å². The lowest BCUT2D eigenvalue weighted by Crippen LogP contribution is -2.04. The summed E-state index contributed by atoms with van der Waals surface area (Å²) < 4.78 is 4.13. The van der Waals surface area contributed by atoms with Crippen LogP contribution in [-0.4, -0.2) is 45.5 Å². The lowest BCUT2D eigenvalue weighted by Gasteiger charge is -2.04. The molecule has 1 N–H and O–H groups in total. The topological polar surface area (TPSA) is 98.7 Å². The smallest absolute Gasteiger partial charge is 0.340 e. The average molecular weight is 859 g/mol. The summed E-state index contributed by atoms with van der Waals surface area (Å²) in [6, 6.07) is 8.85. The molecule has 4 rings (SSSR count). The molecule has 34 heavy (non-hydrogen) atoms. The van der Waals surface area contributed by atoms with Crippen LogP contribution < -0.4 is 0 Å². The van der Waals surface area contributed by atoms with Crippen molar-refractivity contribution in [1.82, 2.24) is 29.5 Å². The van der Waals surface area contributed by atoms with E-state index in [1.165, 1.54) is 4.68 Å². The number of carbonyl (C=O) groups is 1. The predicted molar refractivity (Wildman–Crippen MR) is 160 cm³/mol. The number of carboxylic acids is 1. The SMILES string of the molecule is CI.Cc1c(C(=O)O)c(Br)nn1-c1ncccc1Cl.Cc1cc(Br)nn1-c1ncccc1Cl.I. The maximum atomic E-state index is 11.0. The Bertz CT molecular complexity index is 1270. The minimum Gasteiger partial charge on any atom is -0.478 e. The highest BCUT2D eigenvalue weighted by Gasteiger charge is 2.21. The van der Waals surface area contributed by atoms with Crippen LogP contribution in [0.2, 0.25) is 10.0 Å². The first-order valence-corrected chi connectivity index (χ1v) is 13.5. The molecule has 0 aliphatic rings. The van der Waals surface area contributed by atoms with Crippen LogP contribution in [-0.2, 0) is 0 Å². The molecule has 4 aromatic rings. The molecule has 8 nitrogen and oxygen atoms in total. The fraction of sp³-hybridized carbons (Fsp3) is 0.150. The van der Waals surface area contributed by atoms with Crippen LogP contribution in [0, 0.1) is 13.8 Å². The number of aromatic nitrogens is 6. The van der Waals surface area contributed by atoms with Crippen molar-refractivity contribution in [1.29, 1.82) is 0 Å². The summed E-state index contributed by atoms with van der Waals surface area (Å²) >= 11 is 20.5. The van der Waals surface area contributed by atoms with E-state index in [4.69, 9.17) is 28.3 Å². The number of hydrogen-bond acceptors (Lipinski definition) is 5. The zero-order valence-electron chi connectivity index (χ0n) is 17.9. The summed E-state index contributed by atoms with van der Waals surface area (Å²) in [7, 11) is 0. The zero-order chi connectivity index (χ0) is 24.7. The molecule has 0 aliphatic carbocycles. The molecule has 0 aliphatic heterocycles. The highest BCUT2D eigenvalue weighted by atomic mass is 127. The molecular formula is C20H18Br2Cl2I2N6O2. The van der Waals surface area contributed by atoms with Crippen LogP contribution in [0.4, 0.5) is 0 Å². The van der Waals surface area contributed by atoms with Gasteiger partial charge < -0.3 is 5.11 Å². The van der Waals surface area contributed by atoms with Gasteiger partial charge >= 0.3 is 5.97 Å². The molecule has 0 aromatic carbocycles. The quantitative estimate of drug-likeness (QED) is 0.171. The van der Waals surface area contributed by atoms with Crippen molar-refractivity contribution in [2.24, 2.45) is 0 Å². The van der Waals surface area contributed by atoms with Gasteiger partial charge in [0, 0.05) is 18.1 Å². The van der Waals surface area contributed by atoms with E-state index in [2.05, 4.69) is 74.6 Å². The molecule has 0 bridgehead atoms. The minimum atomic E-state index is -1.05. The van der Waals surface area contributed by atoms with Crippen molar-refractivity contribution in [2.45, 2.75) is 13.8 Å². The van der Waals surface area contributed by atoms with Crippen molar-refractivity contribution in [3.8, 4) is 11.6 Å². The molecule has 0 fully saturated rings. The molecule has 4 heterocycles. The molecule has 0 amide bonds. The van der Waals surface area contributed by atoms with Crippen LogP contribution in [0.1, 0.15) is 21.7 Å². The van der Waals surface area contributed by atoms with Crippen molar-refractivity contribution in [2.75, 3.05) is 4.93 Å². The van der Waals surface area contributed by atoms with E-state index in [1.807, 2.05) is 17.9 Å². The number of nitrogens with zero attached hydrogens (tertiary/aromatic N) is 6. The normalized spacial score (nSPS) is 9.76. The fourth-order valence-electron chi connectivity index (χ4n) is 2.63. The Morgan fingerprint density at radius 3 is 1.85 bits per heavy atom. The third-order valence-electron chi connectivity index (χ3n) is 4.02. The maximum Gasteiger partial charge on any atom is 0.340 e. The van der Waals surface area contributed by atoms with E-state index in [9.17, 15) is 4.79 Å². The number of aryl methyl sites for hydroxylation is 1. The number of alkyl halides is 1. The summed E-state index contributed by atoms with van der Waals surface area (Å²) in [6.07, 6.45) is 3.26. The predicted octanol–water partition coefficient (Wildman–Crippen LogP) is 7.35. The second-order valence-electron chi connectivity index (χ2n) is 6.11. The lowest BCUT2D eigenvalue weighted by molar-refractivity contribution is 0.0695. The van der Waals surface area contributed by atoms with E-state index in [0.29, 0.717) is 27.4 Å². The Labute approximate surface area is 253 Å². The largest absolute Gasteiger partial charge is 0.478 e. The first-order valence-electron chi connectivity index (χ1n) is 9.00. The Morgan fingerprint density at radius 1 is 0.971 bits per heavy atom. The van der Waals surface area contributed by atoms with Gasteiger partial charge in [0.15, 0.2) is 11.6 Å². The Kier molecular flexibility index (Phi) is 13.5. The molecule has 0 saturated carbocycles. The maximum absolute atomic E-state index is 11.0. The highest BCUT2D eigenvalue weighted by molar-refractivity contribution is 14.1. The van der Waals surface area contributed by atoms with Crippen molar-refractivity contribution >= 4 is 108 Å². The van der Waals surface area contributed by atoms with E-state index < -0.39 is 5.97 Å². The minimum absolute atomic E-state index is 0. The van der Waals surface area contributed by atoms with Crippen LogP contribution in [0.15, 0.2) is 51.9 Å². The molecule has 14 heteroatoms. The second-order valence-corrected chi connectivity index (χ2v) is 8.48. The third-order valence-corrected chi connectivity index (χ3v) is 5.56. The van der Waals surface area contributed by atoms with Gasteiger partial charge in [0.1, 0.15) is 14.8 Å². The van der Waals surface area contributed by atoms with Gasteiger partial charge in [-0.3, -0.25) is 0 Å². The Morgan fingerprint density at radius 2 is 1.47 bits per heavy atom. The van der Waals surface area contributed by atoms with E-state index in [1.54, 1.807) is 48.3 Å². The van der Waals surface area contributed by atoms with Gasteiger partial charge in [-0.15, -0.1) is 24.0 Å². The number of rotatable bonds is 3. The van der Waals surface area contributed by atoms with Crippen LogP contribution >= 0.6 is 102 Å². The van der Waals surface area contributed by atoms with Crippen LogP contribution in [0.25, 0.3) is 11.6 Å². The van der Waals surface area contributed by atoms with Crippen LogP contribution in [0.3, 0.4) is 0 Å². The van der Waals surface area contributed by atoms with Gasteiger partial charge in [-0.1, -0.05) is 45.8 Å². The molecular weight excluding hydrogens is 841 g/mol. The number of hydrogen-bond donors (Lipinski definition) is 1. The van der Waals surface area contributed by atoms with E-state index in [-0.39, 0.29) is 34.1 Å². The summed E-state index contributed by atoms with van der Waals surface area (Å²) in [6.45, 7) is 3.59. The molecule has 0 saturated heterocycles. The third kappa shape index (κ3) is 7.59. The van der Waals surface area contributed by atoms with Crippen molar-refractivity contribution in [3.05, 3.63) is 78.9 Å². The monoisotopic (exact) mass is 856 g/mol.